The van der Waals surface area contributed by atoms with E-state index in [1.54, 1.807) is 12.1 Å². The summed E-state index contributed by atoms with van der Waals surface area (Å²) in [4.78, 5) is 40.3. The fraction of sp³-hybridized carbons (Fsp3) is 0.571. The van der Waals surface area contributed by atoms with Crippen molar-refractivity contribution in [2.24, 2.45) is 5.92 Å². The standard InChI is InChI=1S/C21H30N4O3/c1-21(2,3)17-8-6-15(7-9-17)19(27)23-22-18(26)14-24-10-12-25(13-11-24)20(28)16-4-5-16/h6-9,16H,4-5,10-14H2,1-3H3,(H,22,26)(H,23,27). The second kappa shape index (κ2) is 8.31. The van der Waals surface area contributed by atoms with Gasteiger partial charge in [-0.2, -0.15) is 0 Å². The quantitative estimate of drug-likeness (QED) is 0.765. The maximum absolute atomic E-state index is 12.2. The molecule has 7 heteroatoms. The van der Waals surface area contributed by atoms with Gasteiger partial charge in [0.25, 0.3) is 11.8 Å². The zero-order chi connectivity index (χ0) is 20.3. The molecule has 3 amide bonds. The molecule has 0 aromatic heterocycles. The molecule has 1 saturated carbocycles. The van der Waals surface area contributed by atoms with Gasteiger partial charge in [-0.05, 0) is 36.0 Å². The normalized spacial score (nSPS) is 17.9. The molecule has 1 aliphatic heterocycles. The predicted octanol–water partition coefficient (Wildman–Crippen LogP) is 1.30. The minimum atomic E-state index is -0.339. The van der Waals surface area contributed by atoms with Crippen LogP contribution in [0.3, 0.4) is 0 Å². The van der Waals surface area contributed by atoms with Crippen molar-refractivity contribution in [3.8, 4) is 0 Å². The smallest absolute Gasteiger partial charge is 0.269 e. The van der Waals surface area contributed by atoms with Gasteiger partial charge in [-0.1, -0.05) is 32.9 Å². The molecular formula is C21H30N4O3. The first-order valence-electron chi connectivity index (χ1n) is 9.95. The second-order valence-corrected chi connectivity index (χ2v) is 8.71. The Kier molecular flexibility index (Phi) is 6.03. The van der Waals surface area contributed by atoms with E-state index in [0.717, 1.165) is 18.4 Å². The van der Waals surface area contributed by atoms with Crippen LogP contribution < -0.4 is 10.9 Å². The fourth-order valence-corrected chi connectivity index (χ4v) is 3.28. The van der Waals surface area contributed by atoms with E-state index < -0.39 is 0 Å². The van der Waals surface area contributed by atoms with Gasteiger partial charge in [-0.15, -0.1) is 0 Å². The van der Waals surface area contributed by atoms with E-state index in [9.17, 15) is 14.4 Å². The molecule has 1 aromatic rings. The third-order valence-electron chi connectivity index (χ3n) is 5.31. The molecule has 2 aliphatic rings. The molecule has 152 valence electrons. The Labute approximate surface area is 166 Å². The van der Waals surface area contributed by atoms with E-state index in [0.29, 0.717) is 31.7 Å². The summed E-state index contributed by atoms with van der Waals surface area (Å²) in [6.45, 7) is 9.22. The fourth-order valence-electron chi connectivity index (χ4n) is 3.28. The highest BCUT2D eigenvalue weighted by Gasteiger charge is 2.34. The molecule has 1 aromatic carbocycles. The van der Waals surface area contributed by atoms with E-state index >= 15 is 0 Å². The lowest BCUT2D eigenvalue weighted by molar-refractivity contribution is -0.134. The number of benzene rings is 1. The molecule has 0 unspecified atom stereocenters. The van der Waals surface area contributed by atoms with E-state index in [-0.39, 0.29) is 35.6 Å². The molecule has 2 N–H and O–H groups in total. The summed E-state index contributed by atoms with van der Waals surface area (Å²) in [7, 11) is 0. The second-order valence-electron chi connectivity index (χ2n) is 8.71. The molecule has 0 bridgehead atoms. The number of hydrogen-bond donors (Lipinski definition) is 2. The summed E-state index contributed by atoms with van der Waals surface area (Å²) in [5, 5.41) is 0. The molecule has 0 atom stereocenters. The van der Waals surface area contributed by atoms with E-state index in [4.69, 9.17) is 0 Å². The molecule has 1 heterocycles. The molecule has 3 rings (SSSR count). The SMILES string of the molecule is CC(C)(C)c1ccc(C(=O)NNC(=O)CN2CCN(C(=O)C3CC3)CC2)cc1. The number of rotatable bonds is 4. The van der Waals surface area contributed by atoms with Crippen molar-refractivity contribution in [3.05, 3.63) is 35.4 Å². The summed E-state index contributed by atoms with van der Waals surface area (Å²) in [6, 6.07) is 7.38. The summed E-state index contributed by atoms with van der Waals surface area (Å²) in [5.41, 5.74) is 6.61. The van der Waals surface area contributed by atoms with Gasteiger partial charge < -0.3 is 4.90 Å². The zero-order valence-corrected chi connectivity index (χ0v) is 17.0. The van der Waals surface area contributed by atoms with Gasteiger partial charge in [0.15, 0.2) is 0 Å². The van der Waals surface area contributed by atoms with Gasteiger partial charge in [0, 0.05) is 37.7 Å². The predicted molar refractivity (Wildman–Crippen MR) is 106 cm³/mol. The lowest BCUT2D eigenvalue weighted by atomic mass is 9.87. The Balaban J connectivity index is 1.39. The van der Waals surface area contributed by atoms with Crippen LogP contribution in [0.5, 0.6) is 0 Å². The Bertz CT molecular complexity index is 727. The largest absolute Gasteiger partial charge is 0.340 e. The number of nitrogens with one attached hydrogen (secondary N) is 2. The number of amides is 3. The summed E-state index contributed by atoms with van der Waals surface area (Å²) >= 11 is 0. The molecule has 1 aliphatic carbocycles. The third-order valence-corrected chi connectivity index (χ3v) is 5.31. The molecule has 28 heavy (non-hydrogen) atoms. The highest BCUT2D eigenvalue weighted by molar-refractivity contribution is 5.95. The first kappa shape index (κ1) is 20.3. The molecule has 0 radical (unpaired) electrons. The number of piperazine rings is 1. The van der Waals surface area contributed by atoms with Crippen LogP contribution in [0, 0.1) is 5.92 Å². The first-order chi connectivity index (χ1) is 13.2. The van der Waals surface area contributed by atoms with Crippen molar-refractivity contribution in [2.45, 2.75) is 39.0 Å². The Hall–Kier alpha value is -2.41. The van der Waals surface area contributed by atoms with Crippen LogP contribution in [0.2, 0.25) is 0 Å². The highest BCUT2D eigenvalue weighted by atomic mass is 16.2. The van der Waals surface area contributed by atoms with Crippen molar-refractivity contribution in [1.29, 1.82) is 0 Å². The van der Waals surface area contributed by atoms with Crippen molar-refractivity contribution >= 4 is 17.7 Å². The molecule has 2 fully saturated rings. The van der Waals surface area contributed by atoms with Gasteiger partial charge in [0.05, 0.1) is 6.54 Å². The Morgan fingerprint density at radius 2 is 1.57 bits per heavy atom. The van der Waals surface area contributed by atoms with Gasteiger partial charge in [-0.25, -0.2) is 0 Å². The highest BCUT2D eigenvalue weighted by Crippen LogP contribution is 2.31. The lowest BCUT2D eigenvalue weighted by Crippen LogP contribution is -2.53. The number of carbonyl (C=O) groups excluding carboxylic acids is 3. The topological polar surface area (TPSA) is 81.8 Å². The average Bonchev–Trinajstić information content (AvgIpc) is 3.51. The maximum Gasteiger partial charge on any atom is 0.269 e. The van der Waals surface area contributed by atoms with E-state index in [1.807, 2.05) is 21.9 Å². The van der Waals surface area contributed by atoms with Crippen LogP contribution in [0.1, 0.15) is 49.5 Å². The van der Waals surface area contributed by atoms with Gasteiger partial charge >= 0.3 is 0 Å². The van der Waals surface area contributed by atoms with Crippen molar-refractivity contribution in [3.63, 3.8) is 0 Å². The minimum absolute atomic E-state index is 0.0243. The van der Waals surface area contributed by atoms with Crippen LogP contribution in [-0.4, -0.2) is 60.2 Å². The monoisotopic (exact) mass is 386 g/mol. The lowest BCUT2D eigenvalue weighted by Gasteiger charge is -2.34. The Morgan fingerprint density at radius 3 is 2.11 bits per heavy atom. The minimum Gasteiger partial charge on any atom is -0.340 e. The zero-order valence-electron chi connectivity index (χ0n) is 17.0. The molecule has 0 spiro atoms. The summed E-state index contributed by atoms with van der Waals surface area (Å²) in [6.07, 6.45) is 2.03. The van der Waals surface area contributed by atoms with Crippen LogP contribution in [0.15, 0.2) is 24.3 Å². The Morgan fingerprint density at radius 1 is 0.964 bits per heavy atom. The average molecular weight is 386 g/mol. The van der Waals surface area contributed by atoms with Crippen LogP contribution >= 0.6 is 0 Å². The summed E-state index contributed by atoms with van der Waals surface area (Å²) in [5.74, 6) is -0.105. The molecule has 1 saturated heterocycles. The van der Waals surface area contributed by atoms with Crippen molar-refractivity contribution in [2.75, 3.05) is 32.7 Å². The number of nitrogens with zero attached hydrogens (tertiary/aromatic N) is 2. The third kappa shape index (κ3) is 5.32. The summed E-state index contributed by atoms with van der Waals surface area (Å²) < 4.78 is 0. The number of hydrazine groups is 1. The van der Waals surface area contributed by atoms with Crippen LogP contribution in [0.4, 0.5) is 0 Å². The van der Waals surface area contributed by atoms with Gasteiger partial charge in [0.1, 0.15) is 0 Å². The van der Waals surface area contributed by atoms with E-state index in [1.165, 1.54) is 0 Å². The van der Waals surface area contributed by atoms with Gasteiger partial charge in [0.2, 0.25) is 5.91 Å². The first-order valence-corrected chi connectivity index (χ1v) is 9.95. The molecule has 7 nitrogen and oxygen atoms in total. The molecular weight excluding hydrogens is 356 g/mol. The maximum atomic E-state index is 12.2. The van der Waals surface area contributed by atoms with Crippen LogP contribution in [0.25, 0.3) is 0 Å². The van der Waals surface area contributed by atoms with E-state index in [2.05, 4.69) is 31.6 Å². The van der Waals surface area contributed by atoms with Gasteiger partial charge in [-0.3, -0.25) is 30.1 Å². The van der Waals surface area contributed by atoms with Crippen molar-refractivity contribution in [1.82, 2.24) is 20.7 Å². The van der Waals surface area contributed by atoms with Crippen LogP contribution in [-0.2, 0) is 15.0 Å². The number of carbonyl (C=O) groups is 3. The van der Waals surface area contributed by atoms with Crippen molar-refractivity contribution < 1.29 is 14.4 Å². The number of hydrogen-bond acceptors (Lipinski definition) is 4.